The van der Waals surface area contributed by atoms with Crippen LogP contribution in [0.2, 0.25) is 0 Å². The number of aliphatic carboxylic acids is 1. The molecule has 1 unspecified atom stereocenters. The summed E-state index contributed by atoms with van der Waals surface area (Å²) in [5, 5.41) is 8.76. The Kier molecular flexibility index (Phi) is 6.20. The normalized spacial score (nSPS) is 14.2. The van der Waals surface area contributed by atoms with Crippen LogP contribution in [0.1, 0.15) is 40.0 Å². The van der Waals surface area contributed by atoms with Gasteiger partial charge in [0.15, 0.2) is 0 Å². The fourth-order valence-electron chi connectivity index (χ4n) is 1.08. The smallest absolute Gasteiger partial charge is 0.311 e. The molecule has 0 saturated heterocycles. The van der Waals surface area contributed by atoms with Gasteiger partial charge in [0.2, 0.25) is 0 Å². The average Bonchev–Trinajstić information content (AvgIpc) is 2.11. The average molecular weight is 185 g/mol. The van der Waals surface area contributed by atoms with Crippen molar-refractivity contribution in [3.8, 4) is 0 Å². The maximum Gasteiger partial charge on any atom is 0.311 e. The quantitative estimate of drug-likeness (QED) is 0.510. The molecule has 0 fully saturated rings. The molecule has 0 aliphatic heterocycles. The van der Waals surface area contributed by atoms with Gasteiger partial charge in [0.1, 0.15) is 0 Å². The Morgan fingerprint density at radius 1 is 1.46 bits per heavy atom. The molecule has 3 nitrogen and oxygen atoms in total. The Bertz CT molecular complexity index is 187. The van der Waals surface area contributed by atoms with Gasteiger partial charge in [0.05, 0.1) is 5.92 Å². The number of unbranched alkanes of at least 4 members (excludes halogenated alkanes) is 1. The monoisotopic (exact) mass is 185 g/mol. The first kappa shape index (κ1) is 12.1. The zero-order valence-electron chi connectivity index (χ0n) is 8.71. The molecule has 0 aliphatic rings. The van der Waals surface area contributed by atoms with Gasteiger partial charge in [0.25, 0.3) is 0 Å². The van der Waals surface area contributed by atoms with Gasteiger partial charge in [-0.25, -0.2) is 0 Å². The summed E-state index contributed by atoms with van der Waals surface area (Å²) in [6.45, 7) is 6.50. The summed E-state index contributed by atoms with van der Waals surface area (Å²) >= 11 is 0. The van der Waals surface area contributed by atoms with Gasteiger partial charge < -0.3 is 5.11 Å². The zero-order chi connectivity index (χ0) is 10.3. The minimum Gasteiger partial charge on any atom is -0.481 e. The van der Waals surface area contributed by atoms with Crippen LogP contribution in [-0.4, -0.2) is 23.3 Å². The third-order valence-electron chi connectivity index (χ3n) is 2.06. The van der Waals surface area contributed by atoms with Gasteiger partial charge in [-0.15, -0.1) is 0 Å². The Hall–Kier alpha value is -0.860. The molecule has 13 heavy (non-hydrogen) atoms. The van der Waals surface area contributed by atoms with Crippen molar-refractivity contribution >= 4 is 11.7 Å². The van der Waals surface area contributed by atoms with E-state index in [1.54, 1.807) is 6.92 Å². The number of carboxylic acids is 1. The van der Waals surface area contributed by atoms with Crippen LogP contribution in [0.5, 0.6) is 0 Å². The van der Waals surface area contributed by atoms with Gasteiger partial charge in [-0.3, -0.25) is 9.79 Å². The van der Waals surface area contributed by atoms with Crippen LogP contribution in [0.25, 0.3) is 0 Å². The summed E-state index contributed by atoms with van der Waals surface area (Å²) in [7, 11) is 0. The van der Waals surface area contributed by atoms with E-state index in [1.165, 1.54) is 0 Å². The third-order valence-corrected chi connectivity index (χ3v) is 2.06. The maximum atomic E-state index is 10.7. The lowest BCUT2D eigenvalue weighted by atomic mass is 10.0. The maximum absolute atomic E-state index is 10.7. The molecular weight excluding hydrogens is 166 g/mol. The standard InChI is InChI=1S/C10H19NO2/c1-4-6-7-11-9(5-2)8(3)10(12)13/h8H,4-7H2,1-3H3,(H,12,13). The van der Waals surface area contributed by atoms with E-state index < -0.39 is 11.9 Å². The number of hydrogen-bond acceptors (Lipinski definition) is 2. The minimum absolute atomic E-state index is 0.429. The van der Waals surface area contributed by atoms with E-state index in [2.05, 4.69) is 11.9 Å². The molecule has 0 spiro atoms. The largest absolute Gasteiger partial charge is 0.481 e. The van der Waals surface area contributed by atoms with Crippen molar-refractivity contribution in [2.75, 3.05) is 6.54 Å². The first-order valence-electron chi connectivity index (χ1n) is 4.89. The van der Waals surface area contributed by atoms with Crippen molar-refractivity contribution in [1.82, 2.24) is 0 Å². The number of aliphatic imine (C=N–C) groups is 1. The van der Waals surface area contributed by atoms with E-state index in [0.29, 0.717) is 0 Å². The van der Waals surface area contributed by atoms with Gasteiger partial charge >= 0.3 is 5.97 Å². The summed E-state index contributed by atoms with van der Waals surface area (Å²) in [5.41, 5.74) is 0.806. The molecule has 0 rings (SSSR count). The Morgan fingerprint density at radius 2 is 2.08 bits per heavy atom. The number of carboxylic acid groups (broad SMARTS) is 1. The van der Waals surface area contributed by atoms with Crippen LogP contribution in [0.15, 0.2) is 4.99 Å². The van der Waals surface area contributed by atoms with Crippen LogP contribution in [-0.2, 0) is 4.79 Å². The van der Waals surface area contributed by atoms with Gasteiger partial charge in [-0.2, -0.15) is 0 Å². The van der Waals surface area contributed by atoms with Crippen LogP contribution in [0.3, 0.4) is 0 Å². The number of rotatable bonds is 6. The highest BCUT2D eigenvalue weighted by atomic mass is 16.4. The van der Waals surface area contributed by atoms with Gasteiger partial charge in [-0.05, 0) is 19.8 Å². The lowest BCUT2D eigenvalue weighted by Gasteiger charge is -2.08. The molecule has 0 aromatic rings. The first-order valence-corrected chi connectivity index (χ1v) is 4.89. The highest BCUT2D eigenvalue weighted by Crippen LogP contribution is 2.04. The molecule has 0 heterocycles. The fourth-order valence-corrected chi connectivity index (χ4v) is 1.08. The molecule has 0 aliphatic carbocycles. The summed E-state index contributed by atoms with van der Waals surface area (Å²) in [6, 6.07) is 0. The second-order valence-corrected chi connectivity index (χ2v) is 3.14. The van der Waals surface area contributed by atoms with Crippen LogP contribution < -0.4 is 0 Å². The predicted molar refractivity (Wildman–Crippen MR) is 54.3 cm³/mol. The molecule has 0 aromatic carbocycles. The molecule has 3 heteroatoms. The second-order valence-electron chi connectivity index (χ2n) is 3.14. The topological polar surface area (TPSA) is 49.7 Å². The molecule has 1 atom stereocenters. The molecule has 0 radical (unpaired) electrons. The number of carbonyl (C=O) groups is 1. The summed E-state index contributed by atoms with van der Waals surface area (Å²) < 4.78 is 0. The van der Waals surface area contributed by atoms with Crippen molar-refractivity contribution in [2.45, 2.75) is 40.0 Å². The van der Waals surface area contributed by atoms with Crippen molar-refractivity contribution in [2.24, 2.45) is 10.9 Å². The molecule has 1 N–H and O–H groups in total. The Balaban J connectivity index is 4.14. The van der Waals surface area contributed by atoms with E-state index in [1.807, 2.05) is 6.92 Å². The highest BCUT2D eigenvalue weighted by molar-refractivity contribution is 6.00. The van der Waals surface area contributed by atoms with E-state index in [4.69, 9.17) is 5.11 Å². The lowest BCUT2D eigenvalue weighted by Crippen LogP contribution is -2.20. The van der Waals surface area contributed by atoms with Crippen LogP contribution >= 0.6 is 0 Å². The molecular formula is C10H19NO2. The van der Waals surface area contributed by atoms with Gasteiger partial charge in [0, 0.05) is 12.3 Å². The van der Waals surface area contributed by atoms with Crippen LogP contribution in [0, 0.1) is 5.92 Å². The Labute approximate surface area is 79.9 Å². The van der Waals surface area contributed by atoms with E-state index in [-0.39, 0.29) is 0 Å². The molecule has 0 saturated carbocycles. The van der Waals surface area contributed by atoms with Crippen molar-refractivity contribution < 1.29 is 9.90 Å². The van der Waals surface area contributed by atoms with Crippen molar-refractivity contribution in [1.29, 1.82) is 0 Å². The summed E-state index contributed by atoms with van der Waals surface area (Å²) in [5.74, 6) is -1.21. The number of hydrogen-bond donors (Lipinski definition) is 1. The highest BCUT2D eigenvalue weighted by Gasteiger charge is 2.15. The first-order chi connectivity index (χ1) is 6.13. The summed E-state index contributed by atoms with van der Waals surface area (Å²) in [4.78, 5) is 14.9. The van der Waals surface area contributed by atoms with E-state index >= 15 is 0 Å². The molecule has 76 valence electrons. The second kappa shape index (κ2) is 6.63. The fraction of sp³-hybridized carbons (Fsp3) is 0.800. The SMILES string of the molecule is CCCCN=C(CC)C(C)C(=O)O. The predicted octanol–water partition coefficient (Wildman–Crippen LogP) is 2.36. The molecule has 0 amide bonds. The Morgan fingerprint density at radius 3 is 2.46 bits per heavy atom. The minimum atomic E-state index is -0.780. The van der Waals surface area contributed by atoms with Crippen LogP contribution in [0.4, 0.5) is 0 Å². The number of nitrogens with zero attached hydrogens (tertiary/aromatic N) is 1. The van der Waals surface area contributed by atoms with E-state index in [9.17, 15) is 4.79 Å². The van der Waals surface area contributed by atoms with Crippen molar-refractivity contribution in [3.05, 3.63) is 0 Å². The molecule has 0 aromatic heterocycles. The van der Waals surface area contributed by atoms with Gasteiger partial charge in [-0.1, -0.05) is 20.3 Å². The third kappa shape index (κ3) is 4.65. The zero-order valence-corrected chi connectivity index (χ0v) is 8.71. The molecule has 0 bridgehead atoms. The lowest BCUT2D eigenvalue weighted by molar-refractivity contribution is -0.138. The van der Waals surface area contributed by atoms with Crippen molar-refractivity contribution in [3.63, 3.8) is 0 Å². The van der Waals surface area contributed by atoms with E-state index in [0.717, 1.165) is 31.5 Å². The summed E-state index contributed by atoms with van der Waals surface area (Å²) in [6.07, 6.45) is 2.87.